The highest BCUT2D eigenvalue weighted by Gasteiger charge is 2.25. The minimum absolute atomic E-state index is 0.0178. The lowest BCUT2D eigenvalue weighted by atomic mass is 9.86. The van der Waals surface area contributed by atoms with E-state index in [1.165, 1.54) is 6.42 Å². The molecule has 0 amide bonds. The molecule has 0 aromatic carbocycles. The lowest BCUT2D eigenvalue weighted by Gasteiger charge is -2.25. The maximum absolute atomic E-state index is 11.9. The second-order valence-corrected chi connectivity index (χ2v) is 8.19. The third-order valence-corrected chi connectivity index (χ3v) is 5.83. The van der Waals surface area contributed by atoms with E-state index in [-0.39, 0.29) is 36.4 Å². The minimum Gasteiger partial charge on any atom is -0.457 e. The largest absolute Gasteiger partial charge is 0.457 e. The second-order valence-electron chi connectivity index (χ2n) is 5.89. The third kappa shape index (κ3) is 5.39. The molecule has 0 unspecified atom stereocenters. The highest BCUT2D eigenvalue weighted by molar-refractivity contribution is 7.91. The van der Waals surface area contributed by atoms with E-state index in [1.807, 2.05) is 0 Å². The van der Waals surface area contributed by atoms with Gasteiger partial charge in [-0.25, -0.2) is 8.42 Å². The van der Waals surface area contributed by atoms with Crippen molar-refractivity contribution < 1.29 is 22.7 Å². The van der Waals surface area contributed by atoms with E-state index in [1.54, 1.807) is 4.90 Å². The number of hydrogen-bond donors (Lipinski definition) is 0. The predicted octanol–water partition coefficient (Wildman–Crippen LogP) is 0.409. The second kappa shape index (κ2) is 7.35. The van der Waals surface area contributed by atoms with Gasteiger partial charge in [0.05, 0.1) is 18.1 Å². The number of sulfone groups is 1. The van der Waals surface area contributed by atoms with Crippen LogP contribution in [0.5, 0.6) is 0 Å². The summed E-state index contributed by atoms with van der Waals surface area (Å²) in [4.78, 5) is 25.4. The van der Waals surface area contributed by atoms with Crippen LogP contribution in [0.25, 0.3) is 0 Å². The fourth-order valence-corrected chi connectivity index (χ4v) is 4.11. The standard InChI is InChI=1S/C14H23NO5S/c16-13(12-4-2-1-3-5-12)11-20-14(17)10-15-6-8-21(18,19)9-7-15/h12H,1-11H2. The summed E-state index contributed by atoms with van der Waals surface area (Å²) in [6.45, 7) is 0.630. The molecule has 7 heteroatoms. The maximum Gasteiger partial charge on any atom is 0.320 e. The van der Waals surface area contributed by atoms with Crippen molar-refractivity contribution in [1.29, 1.82) is 0 Å². The molecule has 21 heavy (non-hydrogen) atoms. The van der Waals surface area contributed by atoms with Crippen molar-refractivity contribution in [3.63, 3.8) is 0 Å². The Bertz CT molecular complexity index is 468. The van der Waals surface area contributed by atoms with Gasteiger partial charge in [-0.1, -0.05) is 19.3 Å². The van der Waals surface area contributed by atoms with Crippen LogP contribution in [0.1, 0.15) is 32.1 Å². The monoisotopic (exact) mass is 317 g/mol. The molecule has 0 bridgehead atoms. The van der Waals surface area contributed by atoms with Gasteiger partial charge in [0.25, 0.3) is 0 Å². The molecule has 120 valence electrons. The molecule has 0 N–H and O–H groups in total. The fourth-order valence-electron chi connectivity index (χ4n) is 2.83. The van der Waals surface area contributed by atoms with Crippen molar-refractivity contribution in [2.75, 3.05) is 37.7 Å². The molecule has 6 nitrogen and oxygen atoms in total. The van der Waals surface area contributed by atoms with Crippen molar-refractivity contribution in [3.8, 4) is 0 Å². The van der Waals surface area contributed by atoms with E-state index in [4.69, 9.17) is 4.74 Å². The van der Waals surface area contributed by atoms with Crippen molar-refractivity contribution >= 4 is 21.6 Å². The van der Waals surface area contributed by atoms with Crippen LogP contribution < -0.4 is 0 Å². The quantitative estimate of drug-likeness (QED) is 0.683. The number of rotatable bonds is 5. The van der Waals surface area contributed by atoms with Crippen LogP contribution in [0.4, 0.5) is 0 Å². The van der Waals surface area contributed by atoms with Crippen LogP contribution >= 0.6 is 0 Å². The highest BCUT2D eigenvalue weighted by Crippen LogP contribution is 2.24. The molecule has 0 aromatic heterocycles. The topological polar surface area (TPSA) is 80.8 Å². The molecule has 1 aliphatic carbocycles. The first-order valence-electron chi connectivity index (χ1n) is 7.57. The first-order chi connectivity index (χ1) is 9.96. The molecule has 2 aliphatic rings. The summed E-state index contributed by atoms with van der Waals surface area (Å²) in [7, 11) is -2.94. The summed E-state index contributed by atoms with van der Waals surface area (Å²) in [6.07, 6.45) is 5.14. The Kier molecular flexibility index (Phi) is 5.75. The number of carbonyl (C=O) groups is 2. The highest BCUT2D eigenvalue weighted by atomic mass is 32.2. The van der Waals surface area contributed by atoms with Crippen molar-refractivity contribution in [3.05, 3.63) is 0 Å². The molecular formula is C14H23NO5S. The number of ketones is 1. The molecule has 1 aliphatic heterocycles. The zero-order valence-corrected chi connectivity index (χ0v) is 13.1. The van der Waals surface area contributed by atoms with Crippen LogP contribution in [0, 0.1) is 5.92 Å². The van der Waals surface area contributed by atoms with Gasteiger partial charge in [-0.05, 0) is 12.8 Å². The van der Waals surface area contributed by atoms with Crippen molar-refractivity contribution in [2.45, 2.75) is 32.1 Å². The lowest BCUT2D eigenvalue weighted by molar-refractivity contribution is -0.150. The van der Waals surface area contributed by atoms with Gasteiger partial charge in [-0.2, -0.15) is 0 Å². The van der Waals surface area contributed by atoms with Gasteiger partial charge >= 0.3 is 5.97 Å². The number of ether oxygens (including phenoxy) is 1. The maximum atomic E-state index is 11.9. The van der Waals surface area contributed by atoms with Gasteiger partial charge in [0.2, 0.25) is 0 Å². The van der Waals surface area contributed by atoms with Gasteiger partial charge in [-0.3, -0.25) is 14.5 Å². The Morgan fingerprint density at radius 1 is 1.05 bits per heavy atom. The number of hydrogen-bond acceptors (Lipinski definition) is 6. The Hall–Kier alpha value is -0.950. The van der Waals surface area contributed by atoms with Crippen molar-refractivity contribution in [2.24, 2.45) is 5.92 Å². The lowest BCUT2D eigenvalue weighted by Crippen LogP contribution is -2.43. The van der Waals surface area contributed by atoms with Gasteiger partial charge < -0.3 is 4.74 Å². The number of carbonyl (C=O) groups excluding carboxylic acids is 2. The third-order valence-electron chi connectivity index (χ3n) is 4.23. The zero-order valence-electron chi connectivity index (χ0n) is 12.3. The molecule has 0 atom stereocenters. The summed E-state index contributed by atoms with van der Waals surface area (Å²) >= 11 is 0. The van der Waals surface area contributed by atoms with E-state index < -0.39 is 15.8 Å². The Balaban J connectivity index is 1.66. The normalized spacial score (nSPS) is 23.6. The molecule has 1 heterocycles. The summed E-state index contributed by atoms with van der Waals surface area (Å²) in [5.74, 6) is -0.211. The zero-order chi connectivity index (χ0) is 15.3. The predicted molar refractivity (Wildman–Crippen MR) is 77.6 cm³/mol. The van der Waals surface area contributed by atoms with E-state index in [0.29, 0.717) is 13.1 Å². The number of Topliss-reactive ketones (excluding diaryl/α,β-unsaturated/α-hetero) is 1. The summed E-state index contributed by atoms with van der Waals surface area (Å²) in [6, 6.07) is 0. The SMILES string of the molecule is O=C(CN1CCS(=O)(=O)CC1)OCC(=O)C1CCCCC1. The molecule has 1 saturated carbocycles. The molecule has 2 rings (SSSR count). The average molecular weight is 317 g/mol. The van der Waals surface area contributed by atoms with Gasteiger partial charge in [0.15, 0.2) is 15.6 Å². The molecule has 1 saturated heterocycles. The van der Waals surface area contributed by atoms with Gasteiger partial charge in [0, 0.05) is 19.0 Å². The summed E-state index contributed by atoms with van der Waals surface area (Å²) in [5, 5.41) is 0. The minimum atomic E-state index is -2.94. The Morgan fingerprint density at radius 2 is 1.67 bits per heavy atom. The van der Waals surface area contributed by atoms with Crippen LogP contribution in [0.3, 0.4) is 0 Å². The molecule has 0 aromatic rings. The Morgan fingerprint density at radius 3 is 2.29 bits per heavy atom. The van der Waals surface area contributed by atoms with E-state index in [2.05, 4.69) is 0 Å². The van der Waals surface area contributed by atoms with Gasteiger partial charge in [-0.15, -0.1) is 0 Å². The number of nitrogens with zero attached hydrogens (tertiary/aromatic N) is 1. The smallest absolute Gasteiger partial charge is 0.320 e. The Labute approximate surface area is 125 Å². The van der Waals surface area contributed by atoms with Crippen LogP contribution in [0.2, 0.25) is 0 Å². The molecule has 0 spiro atoms. The van der Waals surface area contributed by atoms with Gasteiger partial charge in [0.1, 0.15) is 6.61 Å². The first kappa shape index (κ1) is 16.4. The molecule has 0 radical (unpaired) electrons. The van der Waals surface area contributed by atoms with Crippen LogP contribution in [-0.4, -0.2) is 62.8 Å². The van der Waals surface area contributed by atoms with Crippen molar-refractivity contribution in [1.82, 2.24) is 4.90 Å². The van der Waals surface area contributed by atoms with Crippen LogP contribution in [0.15, 0.2) is 0 Å². The first-order valence-corrected chi connectivity index (χ1v) is 9.39. The fraction of sp³-hybridized carbons (Fsp3) is 0.857. The average Bonchev–Trinajstić information content (AvgIpc) is 2.48. The molecular weight excluding hydrogens is 294 g/mol. The number of esters is 1. The van der Waals surface area contributed by atoms with Crippen LogP contribution in [-0.2, 0) is 24.2 Å². The van der Waals surface area contributed by atoms with E-state index >= 15 is 0 Å². The summed E-state index contributed by atoms with van der Waals surface area (Å²) in [5.41, 5.74) is 0. The van der Waals surface area contributed by atoms with E-state index in [0.717, 1.165) is 25.7 Å². The molecule has 2 fully saturated rings. The van der Waals surface area contributed by atoms with E-state index in [9.17, 15) is 18.0 Å². The summed E-state index contributed by atoms with van der Waals surface area (Å²) < 4.78 is 27.6.